The van der Waals surface area contributed by atoms with Crippen LogP contribution in [0.4, 0.5) is 5.69 Å². The van der Waals surface area contributed by atoms with E-state index in [4.69, 9.17) is 9.47 Å². The second kappa shape index (κ2) is 5.71. The van der Waals surface area contributed by atoms with E-state index in [1.807, 2.05) is 18.2 Å². The lowest BCUT2D eigenvalue weighted by Crippen LogP contribution is -2.66. The van der Waals surface area contributed by atoms with Gasteiger partial charge in [-0.2, -0.15) is 0 Å². The molecule has 0 saturated heterocycles. The maximum Gasteiger partial charge on any atom is 0.210 e. The van der Waals surface area contributed by atoms with Crippen LogP contribution in [0.1, 0.15) is 32.1 Å². The summed E-state index contributed by atoms with van der Waals surface area (Å²) in [6.45, 7) is 0. The minimum Gasteiger partial charge on any atom is -0.496 e. The molecule has 1 aromatic carbocycles. The summed E-state index contributed by atoms with van der Waals surface area (Å²) in [6, 6.07) is 5.89. The molecule has 1 aromatic rings. The highest BCUT2D eigenvalue weighted by Crippen LogP contribution is 2.23. The van der Waals surface area contributed by atoms with Crippen molar-refractivity contribution in [3.63, 3.8) is 0 Å². The summed E-state index contributed by atoms with van der Waals surface area (Å²) in [6.07, 6.45) is 6.30. The summed E-state index contributed by atoms with van der Waals surface area (Å²) >= 11 is 0. The Hall–Kier alpha value is -1.51. The van der Waals surface area contributed by atoms with Crippen molar-refractivity contribution in [2.75, 3.05) is 14.2 Å². The standard InChI is InChI=1S/C14H19NO2/c1-16-13-8-12(9-14(10-13)17-2)15-11-6-4-3-5-7-11/h8-10H,3-7H2,1-2H3/p+1. The molecule has 1 aliphatic carbocycles. The SMILES string of the molecule is COc1cc([NH+]=C2CCCCC2)cc(OC)c1. The number of methoxy groups -OCH3 is 2. The summed E-state index contributed by atoms with van der Waals surface area (Å²) in [5, 5.41) is 0. The lowest BCUT2D eigenvalue weighted by atomic mass is 9.98. The van der Waals surface area contributed by atoms with E-state index in [1.54, 1.807) is 14.2 Å². The van der Waals surface area contributed by atoms with Crippen molar-refractivity contribution in [1.29, 1.82) is 0 Å². The number of hydrogen-bond donors (Lipinski definition) is 1. The van der Waals surface area contributed by atoms with Crippen LogP contribution < -0.4 is 14.5 Å². The summed E-state index contributed by atoms with van der Waals surface area (Å²) < 4.78 is 10.5. The highest BCUT2D eigenvalue weighted by molar-refractivity contribution is 5.80. The van der Waals surface area contributed by atoms with Crippen LogP contribution in [0.25, 0.3) is 0 Å². The van der Waals surface area contributed by atoms with Crippen molar-refractivity contribution in [1.82, 2.24) is 0 Å². The van der Waals surface area contributed by atoms with Crippen LogP contribution in [0.3, 0.4) is 0 Å². The Morgan fingerprint density at radius 1 is 0.882 bits per heavy atom. The van der Waals surface area contributed by atoms with E-state index in [0.29, 0.717) is 0 Å². The number of hydrogen-bond acceptors (Lipinski definition) is 2. The molecule has 0 unspecified atom stereocenters. The summed E-state index contributed by atoms with van der Waals surface area (Å²) in [7, 11) is 3.35. The van der Waals surface area contributed by atoms with Gasteiger partial charge in [-0.1, -0.05) is 6.42 Å². The van der Waals surface area contributed by atoms with Crippen LogP contribution in [0.15, 0.2) is 18.2 Å². The molecule has 0 bridgehead atoms. The van der Waals surface area contributed by atoms with Crippen LogP contribution in [0.2, 0.25) is 0 Å². The zero-order chi connectivity index (χ0) is 12.1. The van der Waals surface area contributed by atoms with Gasteiger partial charge >= 0.3 is 0 Å². The fourth-order valence-corrected chi connectivity index (χ4v) is 2.19. The number of ether oxygens (including phenoxy) is 2. The quantitative estimate of drug-likeness (QED) is 0.865. The minimum atomic E-state index is 0.822. The van der Waals surface area contributed by atoms with Gasteiger partial charge in [0.05, 0.1) is 26.4 Å². The topological polar surface area (TPSA) is 32.4 Å². The van der Waals surface area contributed by atoms with Crippen LogP contribution in [0, 0.1) is 0 Å². The second-order valence-corrected chi connectivity index (χ2v) is 4.39. The smallest absolute Gasteiger partial charge is 0.210 e. The van der Waals surface area contributed by atoms with Gasteiger partial charge < -0.3 is 9.47 Å². The van der Waals surface area contributed by atoms with Gasteiger partial charge in [-0.05, 0) is 12.8 Å². The van der Waals surface area contributed by atoms with Crippen LogP contribution in [-0.4, -0.2) is 19.9 Å². The third-order valence-electron chi connectivity index (χ3n) is 3.13. The number of rotatable bonds is 3. The van der Waals surface area contributed by atoms with E-state index >= 15 is 0 Å². The molecule has 0 amide bonds. The molecule has 0 atom stereocenters. The molecule has 0 heterocycles. The molecule has 0 radical (unpaired) electrons. The van der Waals surface area contributed by atoms with Crippen molar-refractivity contribution < 1.29 is 14.5 Å². The molecule has 3 nitrogen and oxygen atoms in total. The van der Waals surface area contributed by atoms with Gasteiger partial charge in [0.1, 0.15) is 11.5 Å². The van der Waals surface area contributed by atoms with E-state index in [2.05, 4.69) is 4.99 Å². The molecule has 0 aliphatic heterocycles. The molecular formula is C14H20NO2+. The molecule has 3 heteroatoms. The zero-order valence-corrected chi connectivity index (χ0v) is 10.6. The van der Waals surface area contributed by atoms with Gasteiger partial charge in [0, 0.05) is 18.9 Å². The molecular weight excluding hydrogens is 214 g/mol. The van der Waals surface area contributed by atoms with Gasteiger partial charge in [0.15, 0.2) is 5.71 Å². The number of benzene rings is 1. The van der Waals surface area contributed by atoms with Crippen molar-refractivity contribution in [2.24, 2.45) is 0 Å². The fourth-order valence-electron chi connectivity index (χ4n) is 2.19. The van der Waals surface area contributed by atoms with Gasteiger partial charge in [0.2, 0.25) is 5.69 Å². The van der Waals surface area contributed by atoms with Crippen molar-refractivity contribution in [3.05, 3.63) is 18.2 Å². The largest absolute Gasteiger partial charge is 0.496 e. The van der Waals surface area contributed by atoms with Crippen molar-refractivity contribution >= 4 is 11.4 Å². The Bertz CT molecular complexity index is 382. The maximum atomic E-state index is 5.26. The lowest BCUT2D eigenvalue weighted by molar-refractivity contribution is -0.357. The normalized spacial score (nSPS) is 15.5. The van der Waals surface area contributed by atoms with Gasteiger partial charge in [-0.3, -0.25) is 0 Å². The highest BCUT2D eigenvalue weighted by Gasteiger charge is 2.13. The van der Waals surface area contributed by atoms with Gasteiger partial charge in [-0.15, -0.1) is 0 Å². The third kappa shape index (κ3) is 3.22. The molecule has 1 saturated carbocycles. The van der Waals surface area contributed by atoms with Crippen LogP contribution in [0.5, 0.6) is 11.5 Å². The molecule has 0 aromatic heterocycles. The molecule has 17 heavy (non-hydrogen) atoms. The van der Waals surface area contributed by atoms with E-state index in [1.165, 1.54) is 37.8 Å². The van der Waals surface area contributed by atoms with Crippen LogP contribution in [-0.2, 0) is 0 Å². The van der Waals surface area contributed by atoms with Crippen molar-refractivity contribution in [3.8, 4) is 11.5 Å². The molecule has 0 spiro atoms. The first-order valence-electron chi connectivity index (χ1n) is 6.16. The second-order valence-electron chi connectivity index (χ2n) is 4.39. The Morgan fingerprint density at radius 3 is 2.00 bits per heavy atom. The predicted octanol–water partition coefficient (Wildman–Crippen LogP) is 1.82. The van der Waals surface area contributed by atoms with E-state index < -0.39 is 0 Å². The molecule has 1 fully saturated rings. The minimum absolute atomic E-state index is 0.822. The highest BCUT2D eigenvalue weighted by atomic mass is 16.5. The van der Waals surface area contributed by atoms with Crippen LogP contribution >= 0.6 is 0 Å². The third-order valence-corrected chi connectivity index (χ3v) is 3.13. The molecule has 1 N–H and O–H groups in total. The summed E-state index contributed by atoms with van der Waals surface area (Å²) in [5.41, 5.74) is 2.48. The average molecular weight is 234 g/mol. The Balaban J connectivity index is 2.24. The first-order chi connectivity index (χ1) is 8.31. The monoisotopic (exact) mass is 234 g/mol. The van der Waals surface area contributed by atoms with Gasteiger partial charge in [-0.25, -0.2) is 4.99 Å². The maximum absolute atomic E-state index is 5.26. The molecule has 92 valence electrons. The summed E-state index contributed by atoms with van der Waals surface area (Å²) in [4.78, 5) is 3.49. The average Bonchev–Trinajstić information content (AvgIpc) is 2.39. The Kier molecular flexibility index (Phi) is 4.02. The zero-order valence-electron chi connectivity index (χ0n) is 10.6. The lowest BCUT2D eigenvalue weighted by Gasteiger charge is -2.08. The Morgan fingerprint density at radius 2 is 1.47 bits per heavy atom. The molecule has 2 rings (SSSR count). The first-order valence-corrected chi connectivity index (χ1v) is 6.16. The predicted molar refractivity (Wildman–Crippen MR) is 68.3 cm³/mol. The van der Waals surface area contributed by atoms with E-state index in [0.717, 1.165) is 17.2 Å². The number of nitrogens with one attached hydrogen (secondary N) is 1. The Labute approximate surface area is 102 Å². The van der Waals surface area contributed by atoms with E-state index in [-0.39, 0.29) is 0 Å². The van der Waals surface area contributed by atoms with Gasteiger partial charge in [0.25, 0.3) is 0 Å². The summed E-state index contributed by atoms with van der Waals surface area (Å²) in [5.74, 6) is 1.64. The first kappa shape index (κ1) is 12.0. The molecule has 1 aliphatic rings. The van der Waals surface area contributed by atoms with Crippen molar-refractivity contribution in [2.45, 2.75) is 32.1 Å². The van der Waals surface area contributed by atoms with E-state index in [9.17, 15) is 0 Å². The fraction of sp³-hybridized carbons (Fsp3) is 0.500.